The zero-order valence-electron chi connectivity index (χ0n) is 13.3. The van der Waals surface area contributed by atoms with Crippen molar-refractivity contribution in [3.8, 4) is 0 Å². The van der Waals surface area contributed by atoms with Crippen molar-refractivity contribution in [2.75, 3.05) is 7.11 Å². The van der Waals surface area contributed by atoms with Crippen LogP contribution in [0.2, 0.25) is 10.6 Å². The van der Waals surface area contributed by atoms with Crippen LogP contribution in [0.3, 0.4) is 0 Å². The molecule has 122 valence electrons. The average Bonchev–Trinajstić information content (AvgIpc) is 2.54. The summed E-state index contributed by atoms with van der Waals surface area (Å²) in [6.45, 7) is 2.17. The Morgan fingerprint density at radius 3 is 2.59 bits per heavy atom. The van der Waals surface area contributed by atoms with Gasteiger partial charge in [-0.05, 0) is 0 Å². The summed E-state index contributed by atoms with van der Waals surface area (Å²) in [4.78, 5) is 23.8. The van der Waals surface area contributed by atoms with E-state index < -0.39 is 12.0 Å². The normalized spacial score (nSPS) is 11.7. The molecule has 0 saturated carbocycles. The third-order valence-corrected chi connectivity index (χ3v) is 5.46. The van der Waals surface area contributed by atoms with Gasteiger partial charge in [-0.3, -0.25) is 0 Å². The SMILES string of the molecule is CCCC[Se]CCC(=O)N[C@@H](Cc1ccccc1)C(=O)OC. The molecule has 1 rings (SSSR count). The van der Waals surface area contributed by atoms with E-state index in [2.05, 4.69) is 12.2 Å². The number of hydrogen-bond acceptors (Lipinski definition) is 3. The molecule has 0 aliphatic rings. The number of rotatable bonds is 10. The van der Waals surface area contributed by atoms with Gasteiger partial charge in [0.1, 0.15) is 0 Å². The molecule has 1 amide bonds. The van der Waals surface area contributed by atoms with Gasteiger partial charge in [0.15, 0.2) is 0 Å². The molecule has 0 aliphatic heterocycles. The minimum atomic E-state index is -0.608. The molecule has 4 nitrogen and oxygen atoms in total. The van der Waals surface area contributed by atoms with Gasteiger partial charge in [0, 0.05) is 0 Å². The first-order chi connectivity index (χ1) is 10.7. The molecule has 0 fully saturated rings. The van der Waals surface area contributed by atoms with Crippen LogP contribution in [0.15, 0.2) is 30.3 Å². The molecule has 0 bridgehead atoms. The fourth-order valence-electron chi connectivity index (χ4n) is 1.97. The van der Waals surface area contributed by atoms with Crippen LogP contribution < -0.4 is 5.32 Å². The minimum absolute atomic E-state index is 0.0651. The first-order valence-corrected chi connectivity index (χ1v) is 10.1. The summed E-state index contributed by atoms with van der Waals surface area (Å²) >= 11 is 0.521. The third kappa shape index (κ3) is 7.62. The van der Waals surface area contributed by atoms with Gasteiger partial charge in [0.25, 0.3) is 0 Å². The topological polar surface area (TPSA) is 55.4 Å². The van der Waals surface area contributed by atoms with Crippen LogP contribution in [0.1, 0.15) is 31.7 Å². The number of esters is 1. The Kier molecular flexibility index (Phi) is 9.60. The Balaban J connectivity index is 2.44. The summed E-state index contributed by atoms with van der Waals surface area (Å²) in [6, 6.07) is 9.03. The molecule has 0 spiro atoms. The molecular formula is C17H25NO3Se. The molecule has 1 aromatic carbocycles. The molecule has 5 heteroatoms. The van der Waals surface area contributed by atoms with E-state index >= 15 is 0 Å². The maximum absolute atomic E-state index is 12.0. The monoisotopic (exact) mass is 371 g/mol. The van der Waals surface area contributed by atoms with Crippen molar-refractivity contribution >= 4 is 26.8 Å². The molecule has 0 radical (unpaired) electrons. The van der Waals surface area contributed by atoms with Crippen LogP contribution in [-0.2, 0) is 20.7 Å². The number of carbonyl (C=O) groups excluding carboxylic acids is 2. The summed E-state index contributed by atoms with van der Waals surface area (Å²) in [5.41, 5.74) is 1.00. The van der Waals surface area contributed by atoms with Crippen LogP contribution in [0.25, 0.3) is 0 Å². The van der Waals surface area contributed by atoms with Gasteiger partial charge in [-0.2, -0.15) is 0 Å². The maximum atomic E-state index is 12.0. The van der Waals surface area contributed by atoms with Crippen molar-refractivity contribution in [2.24, 2.45) is 0 Å². The Bertz CT molecular complexity index is 450. The van der Waals surface area contributed by atoms with Gasteiger partial charge < -0.3 is 0 Å². The van der Waals surface area contributed by atoms with Crippen LogP contribution in [0.4, 0.5) is 0 Å². The van der Waals surface area contributed by atoms with Crippen molar-refractivity contribution in [1.82, 2.24) is 5.32 Å². The number of carbonyl (C=O) groups is 2. The molecule has 1 N–H and O–H groups in total. The number of nitrogens with one attached hydrogen (secondary N) is 1. The van der Waals surface area contributed by atoms with E-state index in [4.69, 9.17) is 4.74 Å². The molecule has 0 aliphatic carbocycles. The van der Waals surface area contributed by atoms with E-state index in [1.807, 2.05) is 30.3 Å². The molecule has 0 aromatic heterocycles. The fraction of sp³-hybridized carbons (Fsp3) is 0.529. The van der Waals surface area contributed by atoms with E-state index in [0.29, 0.717) is 27.8 Å². The van der Waals surface area contributed by atoms with Crippen molar-refractivity contribution in [1.29, 1.82) is 0 Å². The van der Waals surface area contributed by atoms with Gasteiger partial charge in [0.05, 0.1) is 0 Å². The van der Waals surface area contributed by atoms with Gasteiger partial charge >= 0.3 is 139 Å². The Morgan fingerprint density at radius 1 is 1.23 bits per heavy atom. The van der Waals surface area contributed by atoms with Crippen molar-refractivity contribution in [2.45, 2.75) is 49.3 Å². The Labute approximate surface area is 139 Å². The number of ether oxygens (including phenoxy) is 1. The third-order valence-electron chi connectivity index (χ3n) is 3.22. The van der Waals surface area contributed by atoms with Gasteiger partial charge in [-0.15, -0.1) is 0 Å². The van der Waals surface area contributed by atoms with E-state index in [9.17, 15) is 9.59 Å². The molecule has 0 unspecified atom stereocenters. The van der Waals surface area contributed by atoms with E-state index in [1.165, 1.54) is 25.3 Å². The zero-order valence-corrected chi connectivity index (χ0v) is 15.1. The summed E-state index contributed by atoms with van der Waals surface area (Å²) in [5, 5.41) is 4.96. The number of hydrogen-bond donors (Lipinski definition) is 1. The second kappa shape index (κ2) is 11.3. The number of amides is 1. The van der Waals surface area contributed by atoms with Crippen LogP contribution in [0.5, 0.6) is 0 Å². The summed E-state index contributed by atoms with van der Waals surface area (Å²) in [7, 11) is 1.35. The van der Waals surface area contributed by atoms with Crippen molar-refractivity contribution in [3.63, 3.8) is 0 Å². The molecule has 0 heterocycles. The van der Waals surface area contributed by atoms with Crippen molar-refractivity contribution in [3.05, 3.63) is 35.9 Å². The molecular weight excluding hydrogens is 345 g/mol. The predicted octanol–water partition coefficient (Wildman–Crippen LogP) is 2.62. The fourth-order valence-corrected chi connectivity index (χ4v) is 4.12. The summed E-state index contributed by atoms with van der Waals surface area (Å²) < 4.78 is 4.79. The second-order valence-corrected chi connectivity index (χ2v) is 7.62. The van der Waals surface area contributed by atoms with E-state index in [-0.39, 0.29) is 5.91 Å². The van der Waals surface area contributed by atoms with E-state index in [0.717, 1.165) is 10.9 Å². The molecule has 1 aromatic rings. The van der Waals surface area contributed by atoms with Crippen molar-refractivity contribution < 1.29 is 14.3 Å². The summed E-state index contributed by atoms with van der Waals surface area (Å²) in [6.07, 6.45) is 3.39. The molecule has 22 heavy (non-hydrogen) atoms. The van der Waals surface area contributed by atoms with Gasteiger partial charge in [-0.25, -0.2) is 0 Å². The van der Waals surface area contributed by atoms with Gasteiger partial charge in [0.2, 0.25) is 0 Å². The summed E-state index contributed by atoms with van der Waals surface area (Å²) in [5.74, 6) is -0.460. The van der Waals surface area contributed by atoms with Crippen LogP contribution >= 0.6 is 0 Å². The predicted molar refractivity (Wildman–Crippen MR) is 89.0 cm³/mol. The number of methoxy groups -OCH3 is 1. The number of unbranched alkanes of at least 4 members (excludes halogenated alkanes) is 1. The second-order valence-electron chi connectivity index (χ2n) is 5.05. The van der Waals surface area contributed by atoms with Crippen LogP contribution in [0, 0.1) is 0 Å². The Hall–Kier alpha value is -1.32. The average molecular weight is 370 g/mol. The zero-order chi connectivity index (χ0) is 16.2. The molecule has 1 atom stereocenters. The van der Waals surface area contributed by atoms with E-state index in [1.54, 1.807) is 0 Å². The Morgan fingerprint density at radius 2 is 1.95 bits per heavy atom. The van der Waals surface area contributed by atoms with Crippen LogP contribution in [-0.4, -0.2) is 40.0 Å². The first kappa shape index (κ1) is 18.7. The molecule has 0 saturated heterocycles. The first-order valence-electron chi connectivity index (χ1n) is 7.66. The van der Waals surface area contributed by atoms with Gasteiger partial charge in [-0.1, -0.05) is 0 Å². The number of benzene rings is 1. The standard InChI is InChI=1S/C17H25NO3Se/c1-3-4-11-22-12-10-16(19)18-15(17(20)21-2)13-14-8-6-5-7-9-14/h5-9,15H,3-4,10-13H2,1-2H3,(H,18,19)/t15-/m0/s1. The quantitative estimate of drug-likeness (QED) is 0.391.